The molecule has 0 unspecified atom stereocenters. The molecule has 0 bridgehead atoms. The topological polar surface area (TPSA) is 40.6 Å². The van der Waals surface area contributed by atoms with Gasteiger partial charge >= 0.3 is 0 Å². The lowest BCUT2D eigenvalue weighted by atomic mass is 10.2. The van der Waals surface area contributed by atoms with Crippen molar-refractivity contribution in [1.82, 2.24) is 4.98 Å². The smallest absolute Gasteiger partial charge is 0.217 e. The van der Waals surface area contributed by atoms with Crippen LogP contribution in [0.15, 0.2) is 12.3 Å². The molecule has 19 heavy (non-hydrogen) atoms. The van der Waals surface area contributed by atoms with Gasteiger partial charge in [0.1, 0.15) is 5.60 Å². The first-order valence-corrected chi connectivity index (χ1v) is 6.86. The van der Waals surface area contributed by atoms with Crippen LogP contribution in [0.2, 0.25) is 0 Å². The van der Waals surface area contributed by atoms with Crippen molar-refractivity contribution in [2.45, 2.75) is 65.3 Å². The molecule has 0 amide bonds. The number of hydrogen-bond donors (Lipinski definition) is 0. The maximum absolute atomic E-state index is 5.94. The fourth-order valence-electron chi connectivity index (χ4n) is 1.58. The SMILES string of the molecule is CC(C)Oc1cc(OC(C)(C)C)c(OC2CC2)cn1. The molecule has 1 saturated carbocycles. The van der Waals surface area contributed by atoms with Crippen LogP contribution in [0.1, 0.15) is 47.5 Å². The second kappa shape index (κ2) is 5.27. The van der Waals surface area contributed by atoms with Gasteiger partial charge < -0.3 is 14.2 Å². The zero-order valence-corrected chi connectivity index (χ0v) is 12.4. The molecule has 1 heterocycles. The highest BCUT2D eigenvalue weighted by molar-refractivity contribution is 5.41. The molecule has 0 aromatic carbocycles. The quantitative estimate of drug-likeness (QED) is 0.815. The Labute approximate surface area is 115 Å². The predicted molar refractivity (Wildman–Crippen MR) is 74.0 cm³/mol. The van der Waals surface area contributed by atoms with E-state index in [1.165, 1.54) is 0 Å². The van der Waals surface area contributed by atoms with Gasteiger partial charge in [0.15, 0.2) is 11.5 Å². The summed E-state index contributed by atoms with van der Waals surface area (Å²) in [6.45, 7) is 9.98. The maximum atomic E-state index is 5.94. The van der Waals surface area contributed by atoms with E-state index < -0.39 is 0 Å². The molecule has 0 spiro atoms. The zero-order valence-electron chi connectivity index (χ0n) is 12.4. The van der Waals surface area contributed by atoms with E-state index in [4.69, 9.17) is 14.2 Å². The van der Waals surface area contributed by atoms with Crippen molar-refractivity contribution in [3.05, 3.63) is 12.3 Å². The highest BCUT2D eigenvalue weighted by atomic mass is 16.5. The molecule has 1 aromatic rings. The maximum Gasteiger partial charge on any atom is 0.217 e. The molecule has 4 nitrogen and oxygen atoms in total. The summed E-state index contributed by atoms with van der Waals surface area (Å²) in [6.07, 6.45) is 4.32. The average Bonchev–Trinajstić information content (AvgIpc) is 3.02. The normalized spacial score (nSPS) is 15.5. The predicted octanol–water partition coefficient (Wildman–Crippen LogP) is 3.59. The summed E-state index contributed by atoms with van der Waals surface area (Å²) in [5.74, 6) is 1.97. The monoisotopic (exact) mass is 265 g/mol. The standard InChI is InChI=1S/C15H23NO3/c1-10(2)17-14-8-12(19-15(3,4)5)13(9-16-14)18-11-6-7-11/h8-11H,6-7H2,1-5H3. The minimum absolute atomic E-state index is 0.0881. The van der Waals surface area contributed by atoms with Gasteiger partial charge in [-0.15, -0.1) is 0 Å². The molecule has 1 aliphatic carbocycles. The lowest BCUT2D eigenvalue weighted by Gasteiger charge is -2.23. The third-order valence-electron chi connectivity index (χ3n) is 2.40. The summed E-state index contributed by atoms with van der Waals surface area (Å²) in [4.78, 5) is 4.26. The van der Waals surface area contributed by atoms with Crippen LogP contribution in [0, 0.1) is 0 Å². The van der Waals surface area contributed by atoms with Crippen LogP contribution in [0.5, 0.6) is 17.4 Å². The van der Waals surface area contributed by atoms with Crippen LogP contribution >= 0.6 is 0 Å². The van der Waals surface area contributed by atoms with E-state index in [1.807, 2.05) is 40.7 Å². The summed E-state index contributed by atoms with van der Waals surface area (Å²) in [5.41, 5.74) is -0.280. The lowest BCUT2D eigenvalue weighted by molar-refractivity contribution is 0.121. The van der Waals surface area contributed by atoms with Crippen molar-refractivity contribution >= 4 is 0 Å². The van der Waals surface area contributed by atoms with E-state index in [-0.39, 0.29) is 11.7 Å². The molecule has 106 valence electrons. The Balaban J connectivity index is 2.20. The Morgan fingerprint density at radius 3 is 2.42 bits per heavy atom. The average molecular weight is 265 g/mol. The Morgan fingerprint density at radius 2 is 1.89 bits per heavy atom. The third-order valence-corrected chi connectivity index (χ3v) is 2.40. The molecular formula is C15H23NO3. The van der Waals surface area contributed by atoms with E-state index in [2.05, 4.69) is 4.98 Å². The van der Waals surface area contributed by atoms with Crippen LogP contribution < -0.4 is 14.2 Å². The van der Waals surface area contributed by atoms with Gasteiger partial charge in [-0.3, -0.25) is 0 Å². The first kappa shape index (κ1) is 14.0. The van der Waals surface area contributed by atoms with Crippen molar-refractivity contribution in [1.29, 1.82) is 0 Å². The first-order chi connectivity index (χ1) is 8.83. The summed E-state index contributed by atoms with van der Waals surface area (Å²) < 4.78 is 17.4. The van der Waals surface area contributed by atoms with E-state index in [0.29, 0.717) is 23.5 Å². The van der Waals surface area contributed by atoms with Crippen LogP contribution in [-0.4, -0.2) is 22.8 Å². The van der Waals surface area contributed by atoms with Gasteiger partial charge in [0.05, 0.1) is 18.4 Å². The number of pyridine rings is 1. The molecule has 0 radical (unpaired) electrons. The number of rotatable bonds is 5. The fourth-order valence-corrected chi connectivity index (χ4v) is 1.58. The summed E-state index contributed by atoms with van der Waals surface area (Å²) in [6, 6.07) is 1.81. The first-order valence-electron chi connectivity index (χ1n) is 6.86. The molecule has 1 aromatic heterocycles. The number of aromatic nitrogens is 1. The molecule has 1 fully saturated rings. The van der Waals surface area contributed by atoms with E-state index in [0.717, 1.165) is 12.8 Å². The molecule has 0 N–H and O–H groups in total. The van der Waals surface area contributed by atoms with Crippen molar-refractivity contribution < 1.29 is 14.2 Å². The summed E-state index contributed by atoms with van der Waals surface area (Å²) in [7, 11) is 0. The van der Waals surface area contributed by atoms with Gasteiger partial charge in [-0.25, -0.2) is 4.98 Å². The highest BCUT2D eigenvalue weighted by Gasteiger charge is 2.26. The minimum Gasteiger partial charge on any atom is -0.485 e. The van der Waals surface area contributed by atoms with E-state index in [9.17, 15) is 0 Å². The van der Waals surface area contributed by atoms with Gasteiger partial charge in [-0.2, -0.15) is 0 Å². The van der Waals surface area contributed by atoms with Crippen molar-refractivity contribution in [3.8, 4) is 17.4 Å². The van der Waals surface area contributed by atoms with Gasteiger partial charge in [0, 0.05) is 6.07 Å². The molecule has 0 atom stereocenters. The van der Waals surface area contributed by atoms with E-state index in [1.54, 1.807) is 6.20 Å². The molecule has 2 rings (SSSR count). The Hall–Kier alpha value is -1.45. The minimum atomic E-state index is -0.280. The molecule has 1 aliphatic rings. The molecular weight excluding hydrogens is 242 g/mol. The fraction of sp³-hybridized carbons (Fsp3) is 0.667. The van der Waals surface area contributed by atoms with Gasteiger partial charge in [0.25, 0.3) is 0 Å². The molecule has 4 heteroatoms. The van der Waals surface area contributed by atoms with Crippen molar-refractivity contribution in [3.63, 3.8) is 0 Å². The van der Waals surface area contributed by atoms with Crippen LogP contribution in [0.4, 0.5) is 0 Å². The summed E-state index contributed by atoms with van der Waals surface area (Å²) in [5, 5.41) is 0. The molecule has 0 saturated heterocycles. The second-order valence-electron chi connectivity index (χ2n) is 6.17. The van der Waals surface area contributed by atoms with Crippen LogP contribution in [0.25, 0.3) is 0 Å². The van der Waals surface area contributed by atoms with Gasteiger partial charge in [-0.1, -0.05) is 0 Å². The second-order valence-corrected chi connectivity index (χ2v) is 6.17. The lowest BCUT2D eigenvalue weighted by Crippen LogP contribution is -2.23. The number of nitrogens with zero attached hydrogens (tertiary/aromatic N) is 1. The van der Waals surface area contributed by atoms with Crippen molar-refractivity contribution in [2.24, 2.45) is 0 Å². The Kier molecular flexibility index (Phi) is 3.88. The van der Waals surface area contributed by atoms with Crippen LogP contribution in [-0.2, 0) is 0 Å². The van der Waals surface area contributed by atoms with Crippen molar-refractivity contribution in [2.75, 3.05) is 0 Å². The number of hydrogen-bond acceptors (Lipinski definition) is 4. The summed E-state index contributed by atoms with van der Waals surface area (Å²) >= 11 is 0. The molecule has 0 aliphatic heterocycles. The Morgan fingerprint density at radius 1 is 1.21 bits per heavy atom. The van der Waals surface area contributed by atoms with Gasteiger partial charge in [-0.05, 0) is 47.5 Å². The van der Waals surface area contributed by atoms with Crippen LogP contribution in [0.3, 0.4) is 0 Å². The Bertz CT molecular complexity index is 434. The van der Waals surface area contributed by atoms with Gasteiger partial charge in [0.2, 0.25) is 5.88 Å². The highest BCUT2D eigenvalue weighted by Crippen LogP contribution is 2.36. The van der Waals surface area contributed by atoms with E-state index >= 15 is 0 Å². The third kappa shape index (κ3) is 4.62. The number of ether oxygens (including phenoxy) is 3. The zero-order chi connectivity index (χ0) is 14.0. The largest absolute Gasteiger partial charge is 0.485 e.